The van der Waals surface area contributed by atoms with E-state index < -0.39 is 0 Å². The lowest BCUT2D eigenvalue weighted by Crippen LogP contribution is -2.26. The molecule has 0 atom stereocenters. The van der Waals surface area contributed by atoms with E-state index in [0.717, 1.165) is 30.2 Å². The Hall–Kier alpha value is -0.760. The van der Waals surface area contributed by atoms with E-state index in [0.29, 0.717) is 11.3 Å². The van der Waals surface area contributed by atoms with Crippen molar-refractivity contribution in [2.45, 2.75) is 45.9 Å². The van der Waals surface area contributed by atoms with Crippen LogP contribution in [-0.2, 0) is 5.88 Å². The molecule has 2 nitrogen and oxygen atoms in total. The van der Waals surface area contributed by atoms with Crippen LogP contribution in [0.1, 0.15) is 44.4 Å². The van der Waals surface area contributed by atoms with Crippen LogP contribution in [-0.4, -0.2) is 18.1 Å². The first-order chi connectivity index (χ1) is 8.64. The summed E-state index contributed by atoms with van der Waals surface area (Å²) in [6, 6.07) is 4.23. The molecule has 0 aliphatic carbocycles. The summed E-state index contributed by atoms with van der Waals surface area (Å²) in [7, 11) is 0. The second kappa shape index (κ2) is 5.48. The van der Waals surface area contributed by atoms with Crippen LogP contribution in [0.15, 0.2) is 12.1 Å². The maximum absolute atomic E-state index is 5.88. The fourth-order valence-corrected chi connectivity index (χ4v) is 3.13. The van der Waals surface area contributed by atoms with Crippen LogP contribution in [0.5, 0.6) is 0 Å². The highest BCUT2D eigenvalue weighted by atomic mass is 35.5. The largest absolute Gasteiger partial charge is 0.356 e. The molecule has 0 saturated carbocycles. The van der Waals surface area contributed by atoms with Gasteiger partial charge in [-0.05, 0) is 43.2 Å². The molecule has 0 amide bonds. The molecule has 2 heterocycles. The predicted octanol–water partition coefficient (Wildman–Crippen LogP) is 4.15. The summed E-state index contributed by atoms with van der Waals surface area (Å²) in [6.07, 6.45) is 3.81. The Kier molecular flexibility index (Phi) is 4.16. The summed E-state index contributed by atoms with van der Waals surface area (Å²) in [5.41, 5.74) is 2.70. The summed E-state index contributed by atoms with van der Waals surface area (Å²) in [5, 5.41) is 0. The third-order valence-corrected chi connectivity index (χ3v) is 4.87. The molecule has 0 aromatic carbocycles. The summed E-state index contributed by atoms with van der Waals surface area (Å²) >= 11 is 5.88. The van der Waals surface area contributed by atoms with Gasteiger partial charge in [0.05, 0.1) is 0 Å². The third kappa shape index (κ3) is 2.49. The Morgan fingerprint density at radius 1 is 1.33 bits per heavy atom. The second-order valence-corrected chi connectivity index (χ2v) is 5.69. The van der Waals surface area contributed by atoms with Crippen LogP contribution in [0.4, 0.5) is 5.82 Å². The Bertz CT molecular complexity index is 413. The van der Waals surface area contributed by atoms with Crippen molar-refractivity contribution >= 4 is 17.4 Å². The zero-order valence-corrected chi connectivity index (χ0v) is 12.4. The average molecular weight is 267 g/mol. The smallest absolute Gasteiger partial charge is 0.128 e. The highest BCUT2D eigenvalue weighted by molar-refractivity contribution is 6.17. The molecule has 1 aromatic heterocycles. The molecule has 100 valence electrons. The lowest BCUT2D eigenvalue weighted by Gasteiger charge is -2.27. The third-order valence-electron chi connectivity index (χ3n) is 4.59. The minimum Gasteiger partial charge on any atom is -0.356 e. The van der Waals surface area contributed by atoms with E-state index in [1.54, 1.807) is 0 Å². The highest BCUT2D eigenvalue weighted by Gasteiger charge is 2.35. The van der Waals surface area contributed by atoms with Crippen molar-refractivity contribution in [3.8, 4) is 0 Å². The van der Waals surface area contributed by atoms with Gasteiger partial charge in [-0.2, -0.15) is 0 Å². The fraction of sp³-hybridized carbons (Fsp3) is 0.667. The Balaban J connectivity index is 2.17. The Morgan fingerprint density at radius 3 is 2.56 bits per heavy atom. The highest BCUT2D eigenvalue weighted by Crippen LogP contribution is 2.38. The number of aromatic nitrogens is 1. The molecule has 3 heteroatoms. The first kappa shape index (κ1) is 13.7. The second-order valence-electron chi connectivity index (χ2n) is 5.43. The van der Waals surface area contributed by atoms with Crippen molar-refractivity contribution in [2.75, 3.05) is 18.0 Å². The molecule has 1 aliphatic heterocycles. The van der Waals surface area contributed by atoms with Gasteiger partial charge in [0.2, 0.25) is 0 Å². The maximum Gasteiger partial charge on any atom is 0.128 e. The number of hydrogen-bond donors (Lipinski definition) is 0. The van der Waals surface area contributed by atoms with E-state index in [9.17, 15) is 0 Å². The number of nitrogens with zero attached hydrogens (tertiary/aromatic N) is 2. The molecule has 0 bridgehead atoms. The quantitative estimate of drug-likeness (QED) is 0.762. The van der Waals surface area contributed by atoms with E-state index in [-0.39, 0.29) is 0 Å². The van der Waals surface area contributed by atoms with Crippen LogP contribution in [0.2, 0.25) is 0 Å². The van der Waals surface area contributed by atoms with Gasteiger partial charge in [-0.15, -0.1) is 11.6 Å². The number of halogens is 1. The van der Waals surface area contributed by atoms with E-state index in [2.05, 4.69) is 30.9 Å². The van der Waals surface area contributed by atoms with Gasteiger partial charge in [0.1, 0.15) is 5.82 Å². The molecule has 1 saturated heterocycles. The maximum atomic E-state index is 5.88. The van der Waals surface area contributed by atoms with E-state index in [1.807, 2.05) is 6.92 Å². The molecular weight excluding hydrogens is 244 g/mol. The molecule has 1 aromatic rings. The van der Waals surface area contributed by atoms with Crippen LogP contribution >= 0.6 is 11.6 Å². The SMILES string of the molecule is CCC1(CC)CCN(c2ccc(CCl)c(C)n2)C1. The number of pyridine rings is 1. The van der Waals surface area contributed by atoms with Gasteiger partial charge in [0.25, 0.3) is 0 Å². The van der Waals surface area contributed by atoms with Gasteiger partial charge < -0.3 is 4.90 Å². The summed E-state index contributed by atoms with van der Waals surface area (Å²) in [6.45, 7) is 8.94. The first-order valence-electron chi connectivity index (χ1n) is 6.91. The number of alkyl halides is 1. The predicted molar refractivity (Wildman–Crippen MR) is 78.4 cm³/mol. The van der Waals surface area contributed by atoms with Crippen LogP contribution in [0, 0.1) is 12.3 Å². The van der Waals surface area contributed by atoms with Gasteiger partial charge in [0, 0.05) is 24.7 Å². The number of hydrogen-bond acceptors (Lipinski definition) is 2. The molecule has 0 spiro atoms. The van der Waals surface area contributed by atoms with E-state index >= 15 is 0 Å². The van der Waals surface area contributed by atoms with Gasteiger partial charge in [-0.3, -0.25) is 0 Å². The van der Waals surface area contributed by atoms with Crippen LogP contribution < -0.4 is 4.90 Å². The van der Waals surface area contributed by atoms with Crippen molar-refractivity contribution in [2.24, 2.45) is 5.41 Å². The van der Waals surface area contributed by atoms with Gasteiger partial charge in [0.15, 0.2) is 0 Å². The summed E-state index contributed by atoms with van der Waals surface area (Å²) in [4.78, 5) is 7.13. The molecule has 1 aliphatic rings. The zero-order chi connectivity index (χ0) is 13.2. The molecule has 0 unspecified atom stereocenters. The van der Waals surface area contributed by atoms with Crippen molar-refractivity contribution in [1.82, 2.24) is 4.98 Å². The topological polar surface area (TPSA) is 16.1 Å². The Labute approximate surface area is 115 Å². The molecular formula is C15H23ClN2. The normalized spacial score (nSPS) is 18.3. The van der Waals surface area contributed by atoms with Gasteiger partial charge >= 0.3 is 0 Å². The minimum absolute atomic E-state index is 0.501. The first-order valence-corrected chi connectivity index (χ1v) is 7.45. The van der Waals surface area contributed by atoms with Crippen molar-refractivity contribution in [3.63, 3.8) is 0 Å². The van der Waals surface area contributed by atoms with Crippen LogP contribution in [0.3, 0.4) is 0 Å². The molecule has 2 rings (SSSR count). The Morgan fingerprint density at radius 2 is 2.06 bits per heavy atom. The van der Waals surface area contributed by atoms with Crippen molar-refractivity contribution in [1.29, 1.82) is 0 Å². The minimum atomic E-state index is 0.501. The monoisotopic (exact) mass is 266 g/mol. The summed E-state index contributed by atoms with van der Waals surface area (Å²) < 4.78 is 0. The molecule has 0 N–H and O–H groups in total. The van der Waals surface area contributed by atoms with E-state index in [4.69, 9.17) is 16.6 Å². The molecule has 0 radical (unpaired) electrons. The average Bonchev–Trinajstić information content (AvgIpc) is 2.84. The fourth-order valence-electron chi connectivity index (χ4n) is 2.85. The lowest BCUT2D eigenvalue weighted by atomic mass is 9.82. The van der Waals surface area contributed by atoms with Crippen LogP contribution in [0.25, 0.3) is 0 Å². The number of rotatable bonds is 4. The van der Waals surface area contributed by atoms with Crippen molar-refractivity contribution in [3.05, 3.63) is 23.4 Å². The summed E-state index contributed by atoms with van der Waals surface area (Å²) in [5.74, 6) is 1.66. The van der Waals surface area contributed by atoms with Gasteiger partial charge in [-0.25, -0.2) is 4.98 Å². The van der Waals surface area contributed by atoms with Crippen molar-refractivity contribution < 1.29 is 0 Å². The number of aryl methyl sites for hydroxylation is 1. The lowest BCUT2D eigenvalue weighted by molar-refractivity contribution is 0.301. The zero-order valence-electron chi connectivity index (χ0n) is 11.7. The standard InChI is InChI=1S/C15H23ClN2/c1-4-15(5-2)8-9-18(11-15)14-7-6-13(10-16)12(3)17-14/h6-7H,4-5,8-11H2,1-3H3. The van der Waals surface area contributed by atoms with E-state index in [1.165, 1.54) is 19.3 Å². The number of anilines is 1. The molecule has 18 heavy (non-hydrogen) atoms. The van der Waals surface area contributed by atoms with Gasteiger partial charge in [-0.1, -0.05) is 19.9 Å². The molecule has 1 fully saturated rings.